The molecule has 0 saturated heterocycles. The molecule has 0 aromatic rings. The van der Waals surface area contributed by atoms with Crippen LogP contribution in [0, 0.1) is 0 Å². The highest BCUT2D eigenvalue weighted by Gasteiger charge is 2.01. The smallest absolute Gasteiger partial charge is 0.0596 e. The van der Waals surface area contributed by atoms with Gasteiger partial charge >= 0.3 is 0 Å². The van der Waals surface area contributed by atoms with Gasteiger partial charge < -0.3 is 5.11 Å². The Labute approximate surface area is 156 Å². The van der Waals surface area contributed by atoms with Crippen LogP contribution in [0.15, 0.2) is 5.11 Å². The monoisotopic (exact) mass is 353 g/mol. The van der Waals surface area contributed by atoms with E-state index in [1.54, 1.807) is 0 Å². The maximum atomic E-state index is 9.54. The van der Waals surface area contributed by atoms with Gasteiger partial charge in [0.15, 0.2) is 0 Å². The molecule has 0 radical (unpaired) electrons. The molecule has 0 unspecified atom stereocenters. The number of hydrogen-bond donors (Lipinski definition) is 1. The summed E-state index contributed by atoms with van der Waals surface area (Å²) in [6.07, 6.45) is 23.5. The van der Waals surface area contributed by atoms with E-state index in [1.807, 2.05) is 0 Å². The molecule has 0 aliphatic carbocycles. The third-order valence-corrected chi connectivity index (χ3v) is 5.00. The van der Waals surface area contributed by atoms with E-state index in [0.29, 0.717) is 0 Å². The zero-order valence-electron chi connectivity index (χ0n) is 16.8. The van der Waals surface area contributed by atoms with Crippen molar-refractivity contribution in [1.82, 2.24) is 0 Å². The molecule has 0 fully saturated rings. The standard InChI is InChI=1S/C21H43N3O/c1-2-3-4-5-6-7-8-9-10-11-12-13-14-15-16-17-18-19-21(25)20-23-24-22/h21,25H,2-20H2,1H3/t21-/m0/s1. The summed E-state index contributed by atoms with van der Waals surface area (Å²) < 4.78 is 0. The average molecular weight is 354 g/mol. The summed E-state index contributed by atoms with van der Waals surface area (Å²) >= 11 is 0. The first-order chi connectivity index (χ1) is 12.3. The average Bonchev–Trinajstić information content (AvgIpc) is 2.62. The van der Waals surface area contributed by atoms with E-state index >= 15 is 0 Å². The van der Waals surface area contributed by atoms with E-state index in [1.165, 1.54) is 103 Å². The van der Waals surface area contributed by atoms with Crippen molar-refractivity contribution in [1.29, 1.82) is 0 Å². The van der Waals surface area contributed by atoms with Crippen LogP contribution in [-0.4, -0.2) is 17.8 Å². The fourth-order valence-corrected chi connectivity index (χ4v) is 3.33. The summed E-state index contributed by atoms with van der Waals surface area (Å²) in [5.41, 5.74) is 8.18. The van der Waals surface area contributed by atoms with Gasteiger partial charge in [0.1, 0.15) is 0 Å². The Morgan fingerprint density at radius 3 is 1.40 bits per heavy atom. The summed E-state index contributed by atoms with van der Waals surface area (Å²) in [4.78, 5) is 2.67. The van der Waals surface area contributed by atoms with Crippen LogP contribution < -0.4 is 0 Å². The van der Waals surface area contributed by atoms with Crippen molar-refractivity contribution in [3.05, 3.63) is 10.4 Å². The molecule has 0 aliphatic rings. The maximum absolute atomic E-state index is 9.54. The molecule has 0 bridgehead atoms. The van der Waals surface area contributed by atoms with E-state index in [2.05, 4.69) is 16.9 Å². The van der Waals surface area contributed by atoms with Crippen LogP contribution in [0.5, 0.6) is 0 Å². The minimum Gasteiger partial charge on any atom is -0.393 e. The first-order valence-corrected chi connectivity index (χ1v) is 11.0. The molecule has 1 atom stereocenters. The van der Waals surface area contributed by atoms with Gasteiger partial charge in [0.2, 0.25) is 0 Å². The Morgan fingerprint density at radius 2 is 1.04 bits per heavy atom. The van der Waals surface area contributed by atoms with E-state index in [-0.39, 0.29) is 6.54 Å². The summed E-state index contributed by atoms with van der Waals surface area (Å²) in [6.45, 7) is 2.50. The first kappa shape index (κ1) is 24.3. The van der Waals surface area contributed by atoms with Crippen LogP contribution in [0.3, 0.4) is 0 Å². The highest BCUT2D eigenvalue weighted by Crippen LogP contribution is 2.14. The van der Waals surface area contributed by atoms with Crippen molar-refractivity contribution in [2.75, 3.05) is 6.54 Å². The molecule has 4 heteroatoms. The van der Waals surface area contributed by atoms with Gasteiger partial charge in [0.25, 0.3) is 0 Å². The molecule has 148 valence electrons. The molecule has 1 N–H and O–H groups in total. The lowest BCUT2D eigenvalue weighted by Gasteiger charge is -2.06. The minimum absolute atomic E-state index is 0.218. The van der Waals surface area contributed by atoms with Gasteiger partial charge in [-0.2, -0.15) is 0 Å². The lowest BCUT2D eigenvalue weighted by atomic mass is 10.0. The zero-order chi connectivity index (χ0) is 18.4. The third-order valence-electron chi connectivity index (χ3n) is 5.00. The van der Waals surface area contributed by atoms with Crippen molar-refractivity contribution >= 4 is 0 Å². The van der Waals surface area contributed by atoms with Crippen LogP contribution in [0.4, 0.5) is 0 Å². The van der Waals surface area contributed by atoms with E-state index < -0.39 is 6.10 Å². The van der Waals surface area contributed by atoms with E-state index in [9.17, 15) is 5.11 Å². The van der Waals surface area contributed by atoms with Crippen LogP contribution in [0.2, 0.25) is 0 Å². The molecule has 0 amide bonds. The van der Waals surface area contributed by atoms with Gasteiger partial charge in [0.05, 0.1) is 12.6 Å². The van der Waals surface area contributed by atoms with E-state index in [4.69, 9.17) is 5.53 Å². The van der Waals surface area contributed by atoms with Gasteiger partial charge in [-0.25, -0.2) is 0 Å². The van der Waals surface area contributed by atoms with Gasteiger partial charge in [-0.1, -0.05) is 121 Å². The summed E-state index contributed by atoms with van der Waals surface area (Å²) in [5, 5.41) is 12.9. The Bertz CT molecular complexity index is 304. The molecule has 0 saturated carbocycles. The molecule has 4 nitrogen and oxygen atoms in total. The minimum atomic E-state index is -0.452. The summed E-state index contributed by atoms with van der Waals surface area (Å²) in [7, 11) is 0. The molecule has 0 spiro atoms. The molecule has 0 aliphatic heterocycles. The molecular formula is C21H43N3O. The molecule has 0 aromatic heterocycles. The second kappa shape index (κ2) is 21.3. The predicted octanol–water partition coefficient (Wildman–Crippen LogP) is 7.70. The summed E-state index contributed by atoms with van der Waals surface area (Å²) in [5.74, 6) is 0. The van der Waals surface area contributed by atoms with E-state index in [0.717, 1.165) is 12.8 Å². The van der Waals surface area contributed by atoms with Crippen LogP contribution in [0.1, 0.15) is 122 Å². The normalized spacial score (nSPS) is 12.1. The Morgan fingerprint density at radius 1 is 0.680 bits per heavy atom. The van der Waals surface area contributed by atoms with Crippen molar-refractivity contribution in [3.63, 3.8) is 0 Å². The lowest BCUT2D eigenvalue weighted by molar-refractivity contribution is 0.168. The maximum Gasteiger partial charge on any atom is 0.0596 e. The number of aliphatic hydroxyl groups is 1. The number of hydrogen-bond acceptors (Lipinski definition) is 2. The Kier molecular flexibility index (Phi) is 20.7. The lowest BCUT2D eigenvalue weighted by Crippen LogP contribution is -2.09. The zero-order valence-corrected chi connectivity index (χ0v) is 16.8. The number of rotatable bonds is 20. The van der Waals surface area contributed by atoms with Crippen molar-refractivity contribution in [2.24, 2.45) is 5.11 Å². The third kappa shape index (κ3) is 21.2. The SMILES string of the molecule is CCCCCCCCCCCCCCCCCCC[C@H](O)CN=[N+]=[N-]. The van der Waals surface area contributed by atoms with Crippen LogP contribution in [-0.2, 0) is 0 Å². The number of aliphatic hydroxyl groups excluding tert-OH is 1. The fourth-order valence-electron chi connectivity index (χ4n) is 3.33. The fraction of sp³-hybridized carbons (Fsp3) is 1.00. The first-order valence-electron chi connectivity index (χ1n) is 11.0. The van der Waals surface area contributed by atoms with Gasteiger partial charge in [0, 0.05) is 4.91 Å². The van der Waals surface area contributed by atoms with Gasteiger partial charge in [-0.15, -0.1) is 0 Å². The summed E-state index contributed by atoms with van der Waals surface area (Å²) in [6, 6.07) is 0. The van der Waals surface area contributed by atoms with Gasteiger partial charge in [-0.05, 0) is 12.0 Å². The highest BCUT2D eigenvalue weighted by atomic mass is 16.3. The van der Waals surface area contributed by atoms with Crippen LogP contribution in [0.25, 0.3) is 10.4 Å². The Hall–Kier alpha value is -0.730. The number of unbranched alkanes of at least 4 members (excludes halogenated alkanes) is 16. The molecule has 0 rings (SSSR count). The van der Waals surface area contributed by atoms with Crippen LogP contribution >= 0.6 is 0 Å². The molecule has 0 aromatic carbocycles. The topological polar surface area (TPSA) is 69.0 Å². The molecule has 25 heavy (non-hydrogen) atoms. The highest BCUT2D eigenvalue weighted by molar-refractivity contribution is 4.60. The second-order valence-corrected chi connectivity index (χ2v) is 7.51. The number of nitrogens with zero attached hydrogens (tertiary/aromatic N) is 3. The van der Waals surface area contributed by atoms with Crippen molar-refractivity contribution in [2.45, 2.75) is 129 Å². The number of azide groups is 1. The Balaban J connectivity index is 3.06. The van der Waals surface area contributed by atoms with Crippen molar-refractivity contribution in [3.8, 4) is 0 Å². The molecular weight excluding hydrogens is 310 g/mol. The van der Waals surface area contributed by atoms with Crippen molar-refractivity contribution < 1.29 is 5.11 Å². The van der Waals surface area contributed by atoms with Gasteiger partial charge in [-0.3, -0.25) is 0 Å². The quantitative estimate of drug-likeness (QED) is 0.104. The second-order valence-electron chi connectivity index (χ2n) is 7.51. The molecule has 0 heterocycles. The predicted molar refractivity (Wildman–Crippen MR) is 109 cm³/mol. The largest absolute Gasteiger partial charge is 0.393 e.